The number of para-hydroxylation sites is 1. The van der Waals surface area contributed by atoms with Gasteiger partial charge in [0.1, 0.15) is 5.75 Å². The minimum absolute atomic E-state index is 0.225. The van der Waals surface area contributed by atoms with Crippen LogP contribution in [0.2, 0.25) is 0 Å². The Morgan fingerprint density at radius 1 is 1.00 bits per heavy atom. The zero-order valence-corrected chi connectivity index (χ0v) is 16.6. The predicted molar refractivity (Wildman–Crippen MR) is 111 cm³/mol. The molecule has 1 aliphatic rings. The number of carbonyl (C=O) groups is 1. The van der Waals surface area contributed by atoms with Crippen molar-refractivity contribution in [3.05, 3.63) is 65.9 Å². The SMILES string of the molecule is COc1cccc(CN2CCN(Cc3cn(C)c4ccccc34)CCC2=O)c1. The molecule has 1 amide bonds. The first kappa shape index (κ1) is 18.6. The first-order valence-corrected chi connectivity index (χ1v) is 9.80. The smallest absolute Gasteiger partial charge is 0.224 e. The molecule has 1 aliphatic heterocycles. The van der Waals surface area contributed by atoms with Crippen LogP contribution in [0.4, 0.5) is 0 Å². The lowest BCUT2D eigenvalue weighted by Crippen LogP contribution is -2.32. The Morgan fingerprint density at radius 2 is 1.86 bits per heavy atom. The maximum Gasteiger partial charge on any atom is 0.224 e. The summed E-state index contributed by atoms with van der Waals surface area (Å²) in [5.74, 6) is 1.06. The number of hydrogen-bond acceptors (Lipinski definition) is 3. The predicted octanol–water partition coefficient (Wildman–Crippen LogP) is 3.42. The van der Waals surface area contributed by atoms with Gasteiger partial charge in [-0.25, -0.2) is 0 Å². The van der Waals surface area contributed by atoms with Gasteiger partial charge in [-0.15, -0.1) is 0 Å². The van der Waals surface area contributed by atoms with Gasteiger partial charge in [0.2, 0.25) is 5.91 Å². The number of nitrogens with zero attached hydrogens (tertiary/aromatic N) is 3. The summed E-state index contributed by atoms with van der Waals surface area (Å²) in [6.45, 7) is 3.95. The van der Waals surface area contributed by atoms with Crippen LogP contribution in [0.15, 0.2) is 54.7 Å². The molecular formula is C23H27N3O2. The van der Waals surface area contributed by atoms with Crippen molar-refractivity contribution in [1.29, 1.82) is 0 Å². The average Bonchev–Trinajstić information content (AvgIpc) is 2.93. The summed E-state index contributed by atoms with van der Waals surface area (Å²) in [4.78, 5) is 17.0. The average molecular weight is 377 g/mol. The minimum atomic E-state index is 0.225. The van der Waals surface area contributed by atoms with Crippen molar-refractivity contribution in [3.8, 4) is 5.75 Å². The van der Waals surface area contributed by atoms with E-state index in [2.05, 4.69) is 53.0 Å². The van der Waals surface area contributed by atoms with Crippen molar-refractivity contribution in [2.75, 3.05) is 26.7 Å². The third-order valence-electron chi connectivity index (χ3n) is 5.56. The topological polar surface area (TPSA) is 37.7 Å². The van der Waals surface area contributed by atoms with E-state index in [-0.39, 0.29) is 5.91 Å². The molecule has 0 atom stereocenters. The van der Waals surface area contributed by atoms with Crippen molar-refractivity contribution in [3.63, 3.8) is 0 Å². The van der Waals surface area contributed by atoms with Gasteiger partial charge in [0, 0.05) is 63.3 Å². The molecule has 1 fully saturated rings. The molecule has 146 valence electrons. The fourth-order valence-electron chi connectivity index (χ4n) is 4.02. The quantitative estimate of drug-likeness (QED) is 0.684. The number of methoxy groups -OCH3 is 1. The largest absolute Gasteiger partial charge is 0.497 e. The first-order valence-electron chi connectivity index (χ1n) is 9.80. The van der Waals surface area contributed by atoms with Gasteiger partial charge in [0.25, 0.3) is 0 Å². The van der Waals surface area contributed by atoms with Crippen molar-refractivity contribution in [2.24, 2.45) is 7.05 Å². The maximum atomic E-state index is 12.7. The third-order valence-corrected chi connectivity index (χ3v) is 5.56. The molecule has 0 unspecified atom stereocenters. The Morgan fingerprint density at radius 3 is 2.71 bits per heavy atom. The van der Waals surface area contributed by atoms with Crippen molar-refractivity contribution >= 4 is 16.8 Å². The highest BCUT2D eigenvalue weighted by molar-refractivity contribution is 5.83. The zero-order chi connectivity index (χ0) is 19.5. The maximum absolute atomic E-state index is 12.7. The Labute approximate surface area is 166 Å². The second-order valence-corrected chi connectivity index (χ2v) is 7.48. The summed E-state index contributed by atoms with van der Waals surface area (Å²) in [5, 5.41) is 1.30. The van der Waals surface area contributed by atoms with Crippen molar-refractivity contribution in [1.82, 2.24) is 14.4 Å². The highest BCUT2D eigenvalue weighted by Crippen LogP contribution is 2.23. The lowest BCUT2D eigenvalue weighted by atomic mass is 10.1. The fourth-order valence-corrected chi connectivity index (χ4v) is 4.02. The lowest BCUT2D eigenvalue weighted by molar-refractivity contribution is -0.130. The molecule has 2 aromatic carbocycles. The van der Waals surface area contributed by atoms with Gasteiger partial charge in [0.15, 0.2) is 0 Å². The third kappa shape index (κ3) is 3.90. The zero-order valence-electron chi connectivity index (χ0n) is 16.6. The number of aryl methyl sites for hydroxylation is 1. The van der Waals surface area contributed by atoms with Crippen LogP contribution in [0.1, 0.15) is 17.5 Å². The van der Waals surface area contributed by atoms with E-state index in [0.717, 1.165) is 37.5 Å². The second kappa shape index (κ2) is 8.07. The van der Waals surface area contributed by atoms with Gasteiger partial charge >= 0.3 is 0 Å². The Hall–Kier alpha value is -2.79. The number of carbonyl (C=O) groups excluding carboxylic acids is 1. The fraction of sp³-hybridized carbons (Fsp3) is 0.348. The summed E-state index contributed by atoms with van der Waals surface area (Å²) in [6.07, 6.45) is 2.78. The van der Waals surface area contributed by atoms with E-state index in [1.54, 1.807) is 7.11 Å². The van der Waals surface area contributed by atoms with E-state index in [0.29, 0.717) is 13.0 Å². The summed E-state index contributed by atoms with van der Waals surface area (Å²) < 4.78 is 7.49. The minimum Gasteiger partial charge on any atom is -0.497 e. The number of fused-ring (bicyclic) bond motifs is 1. The molecule has 1 aromatic heterocycles. The molecule has 0 N–H and O–H groups in total. The van der Waals surface area contributed by atoms with Crippen LogP contribution in [0.5, 0.6) is 5.75 Å². The van der Waals surface area contributed by atoms with Crippen LogP contribution < -0.4 is 4.74 Å². The van der Waals surface area contributed by atoms with E-state index >= 15 is 0 Å². The molecule has 0 saturated carbocycles. The van der Waals surface area contributed by atoms with E-state index < -0.39 is 0 Å². The highest BCUT2D eigenvalue weighted by Gasteiger charge is 2.22. The molecule has 1 saturated heterocycles. The van der Waals surface area contributed by atoms with Gasteiger partial charge in [-0.05, 0) is 29.3 Å². The number of rotatable bonds is 5. The molecule has 0 radical (unpaired) electrons. The molecule has 4 rings (SSSR count). The Bertz CT molecular complexity index is 979. The van der Waals surface area contributed by atoms with Gasteiger partial charge < -0.3 is 14.2 Å². The molecule has 28 heavy (non-hydrogen) atoms. The standard InChI is InChI=1S/C23H27N3O2/c1-24-16-19(21-8-3-4-9-22(21)24)17-25-11-10-23(27)26(13-12-25)15-18-6-5-7-20(14-18)28-2/h3-9,14,16H,10-13,15,17H2,1-2H3. The highest BCUT2D eigenvalue weighted by atomic mass is 16.5. The monoisotopic (exact) mass is 377 g/mol. The van der Waals surface area contributed by atoms with Crippen molar-refractivity contribution < 1.29 is 9.53 Å². The van der Waals surface area contributed by atoms with Crippen LogP contribution in [0, 0.1) is 0 Å². The molecule has 0 aliphatic carbocycles. The number of aromatic nitrogens is 1. The number of ether oxygens (including phenoxy) is 1. The first-order chi connectivity index (χ1) is 13.6. The Kier molecular flexibility index (Phi) is 5.35. The van der Waals surface area contributed by atoms with Crippen molar-refractivity contribution in [2.45, 2.75) is 19.5 Å². The van der Waals surface area contributed by atoms with E-state index in [1.807, 2.05) is 23.1 Å². The van der Waals surface area contributed by atoms with E-state index in [4.69, 9.17) is 4.74 Å². The number of benzene rings is 2. The van der Waals surface area contributed by atoms with Crippen LogP contribution >= 0.6 is 0 Å². The lowest BCUT2D eigenvalue weighted by Gasteiger charge is -2.22. The van der Waals surface area contributed by atoms with E-state index in [9.17, 15) is 4.79 Å². The molecule has 0 spiro atoms. The van der Waals surface area contributed by atoms with Crippen LogP contribution in [-0.2, 0) is 24.9 Å². The molecule has 5 heteroatoms. The number of hydrogen-bond donors (Lipinski definition) is 0. The molecule has 2 heterocycles. The van der Waals surface area contributed by atoms with Crippen LogP contribution in [-0.4, -0.2) is 47.0 Å². The van der Waals surface area contributed by atoms with Gasteiger partial charge in [-0.2, -0.15) is 0 Å². The van der Waals surface area contributed by atoms with Gasteiger partial charge in [0.05, 0.1) is 7.11 Å². The second-order valence-electron chi connectivity index (χ2n) is 7.48. The molecule has 5 nitrogen and oxygen atoms in total. The Balaban J connectivity index is 1.44. The van der Waals surface area contributed by atoms with Crippen LogP contribution in [0.3, 0.4) is 0 Å². The molecule has 0 bridgehead atoms. The number of amides is 1. The van der Waals surface area contributed by atoms with Gasteiger partial charge in [-0.1, -0.05) is 30.3 Å². The molecule has 3 aromatic rings. The summed E-state index contributed by atoms with van der Waals surface area (Å²) in [6, 6.07) is 16.5. The van der Waals surface area contributed by atoms with Gasteiger partial charge in [-0.3, -0.25) is 9.69 Å². The summed E-state index contributed by atoms with van der Waals surface area (Å²) in [5.41, 5.74) is 3.69. The normalized spacial score (nSPS) is 15.8. The summed E-state index contributed by atoms with van der Waals surface area (Å²) >= 11 is 0. The summed E-state index contributed by atoms with van der Waals surface area (Å²) in [7, 11) is 3.76. The molecular weight excluding hydrogens is 350 g/mol. The van der Waals surface area contributed by atoms with E-state index in [1.165, 1.54) is 16.5 Å². The van der Waals surface area contributed by atoms with Crippen LogP contribution in [0.25, 0.3) is 10.9 Å².